The summed E-state index contributed by atoms with van der Waals surface area (Å²) in [6.07, 6.45) is 4.96. The summed E-state index contributed by atoms with van der Waals surface area (Å²) in [6, 6.07) is 5.95. The molecule has 0 heterocycles. The lowest BCUT2D eigenvalue weighted by Gasteiger charge is -2.16. The number of hydrogen-bond acceptors (Lipinski definition) is 3. The first-order valence-electron chi connectivity index (χ1n) is 6.95. The van der Waals surface area contributed by atoms with Crippen molar-refractivity contribution in [3.05, 3.63) is 18.2 Å². The molecule has 2 rings (SSSR count). The predicted octanol–water partition coefficient (Wildman–Crippen LogP) is 3.66. The Balaban J connectivity index is 1.96. The van der Waals surface area contributed by atoms with Crippen LogP contribution in [0, 0.1) is 5.41 Å². The Morgan fingerprint density at radius 2 is 2.11 bits per heavy atom. The number of nitrogen functional groups attached to an aromatic ring is 1. The second kappa shape index (κ2) is 5.51. The van der Waals surface area contributed by atoms with Crippen LogP contribution < -0.4 is 15.8 Å². The van der Waals surface area contributed by atoms with Crippen LogP contribution in [-0.2, 0) is 0 Å². The molecule has 0 amide bonds. The van der Waals surface area contributed by atoms with Crippen molar-refractivity contribution in [3.63, 3.8) is 0 Å². The number of rotatable bonds is 7. The van der Waals surface area contributed by atoms with E-state index in [9.17, 15) is 0 Å². The molecule has 0 spiro atoms. The van der Waals surface area contributed by atoms with E-state index in [1.165, 1.54) is 19.3 Å². The maximum absolute atomic E-state index is 5.90. The Morgan fingerprint density at radius 3 is 2.72 bits per heavy atom. The van der Waals surface area contributed by atoms with E-state index in [1.807, 2.05) is 18.2 Å². The van der Waals surface area contributed by atoms with Gasteiger partial charge in [-0.3, -0.25) is 0 Å². The monoisotopic (exact) mass is 248 g/mol. The molecule has 1 aromatic carbocycles. The molecule has 3 nitrogen and oxygen atoms in total. The maximum atomic E-state index is 5.90. The number of ether oxygens (including phenoxy) is 1. The van der Waals surface area contributed by atoms with E-state index in [0.29, 0.717) is 17.7 Å². The highest BCUT2D eigenvalue weighted by atomic mass is 16.5. The average Bonchev–Trinajstić information content (AvgIpc) is 3.17. The molecular formula is C15H24N2O. The van der Waals surface area contributed by atoms with Gasteiger partial charge in [0.1, 0.15) is 5.75 Å². The summed E-state index contributed by atoms with van der Waals surface area (Å²) in [5, 5.41) is 3.51. The lowest BCUT2D eigenvalue weighted by Crippen LogP contribution is -2.14. The lowest BCUT2D eigenvalue weighted by molar-refractivity contribution is 0.319. The van der Waals surface area contributed by atoms with Gasteiger partial charge < -0.3 is 15.8 Å². The Bertz CT molecular complexity index is 399. The van der Waals surface area contributed by atoms with Gasteiger partial charge >= 0.3 is 0 Å². The van der Waals surface area contributed by atoms with E-state index in [4.69, 9.17) is 10.5 Å². The molecular weight excluding hydrogens is 224 g/mol. The molecule has 3 N–H and O–H groups in total. The summed E-state index contributed by atoms with van der Waals surface area (Å²) in [5.41, 5.74) is 8.27. The van der Waals surface area contributed by atoms with E-state index in [2.05, 4.69) is 19.2 Å². The topological polar surface area (TPSA) is 47.3 Å². The van der Waals surface area contributed by atoms with Gasteiger partial charge in [-0.25, -0.2) is 0 Å². The molecule has 1 fully saturated rings. The van der Waals surface area contributed by atoms with Gasteiger partial charge in [0.25, 0.3) is 0 Å². The third-order valence-corrected chi connectivity index (χ3v) is 3.85. The fourth-order valence-electron chi connectivity index (χ4n) is 2.10. The second-order valence-corrected chi connectivity index (χ2v) is 5.31. The number of nitrogens with one attached hydrogen (secondary N) is 1. The van der Waals surface area contributed by atoms with Crippen LogP contribution >= 0.6 is 0 Å². The molecule has 1 aliphatic rings. The van der Waals surface area contributed by atoms with Gasteiger partial charge in [-0.15, -0.1) is 0 Å². The Kier molecular flexibility index (Phi) is 4.00. The summed E-state index contributed by atoms with van der Waals surface area (Å²) in [5.74, 6) is 0.795. The van der Waals surface area contributed by atoms with E-state index >= 15 is 0 Å². The third kappa shape index (κ3) is 3.09. The molecule has 0 bridgehead atoms. The number of anilines is 2. The smallest absolute Gasteiger partial charge is 0.144 e. The van der Waals surface area contributed by atoms with Crippen LogP contribution in [0.15, 0.2) is 18.2 Å². The fourth-order valence-corrected chi connectivity index (χ4v) is 2.10. The van der Waals surface area contributed by atoms with Crippen LogP contribution in [0.2, 0.25) is 0 Å². The Morgan fingerprint density at radius 1 is 1.33 bits per heavy atom. The van der Waals surface area contributed by atoms with Crippen LogP contribution in [0.5, 0.6) is 5.75 Å². The zero-order valence-corrected chi connectivity index (χ0v) is 11.5. The summed E-state index contributed by atoms with van der Waals surface area (Å²) >= 11 is 0. The van der Waals surface area contributed by atoms with Crippen molar-refractivity contribution in [3.8, 4) is 5.75 Å². The third-order valence-electron chi connectivity index (χ3n) is 3.85. The fraction of sp³-hybridized carbons (Fsp3) is 0.600. The van der Waals surface area contributed by atoms with E-state index in [-0.39, 0.29) is 0 Å². The first-order chi connectivity index (χ1) is 8.69. The average molecular weight is 248 g/mol. The summed E-state index contributed by atoms with van der Waals surface area (Å²) in [4.78, 5) is 0. The molecule has 0 aromatic heterocycles. The highest BCUT2D eigenvalue weighted by molar-refractivity contribution is 5.61. The largest absolute Gasteiger partial charge is 0.491 e. The zero-order chi connectivity index (χ0) is 13.0. The van der Waals surface area contributed by atoms with Gasteiger partial charge in [0.05, 0.1) is 12.3 Å². The minimum atomic E-state index is 0.547. The first kappa shape index (κ1) is 13.1. The van der Waals surface area contributed by atoms with Crippen molar-refractivity contribution in [2.75, 3.05) is 24.2 Å². The summed E-state index contributed by atoms with van der Waals surface area (Å²) < 4.78 is 5.64. The van der Waals surface area contributed by atoms with Crippen molar-refractivity contribution in [1.29, 1.82) is 0 Å². The van der Waals surface area contributed by atoms with E-state index < -0.39 is 0 Å². The number of nitrogens with two attached hydrogens (primary N) is 1. The minimum Gasteiger partial charge on any atom is -0.491 e. The molecule has 0 atom stereocenters. The molecule has 0 saturated heterocycles. The van der Waals surface area contributed by atoms with Gasteiger partial charge in [0, 0.05) is 18.3 Å². The number of hydrogen-bond donors (Lipinski definition) is 2. The van der Waals surface area contributed by atoms with Crippen LogP contribution in [0.4, 0.5) is 11.4 Å². The molecule has 0 radical (unpaired) electrons. The van der Waals surface area contributed by atoms with Crippen molar-refractivity contribution in [2.45, 2.75) is 39.5 Å². The summed E-state index contributed by atoms with van der Waals surface area (Å²) in [7, 11) is 0. The van der Waals surface area contributed by atoms with E-state index in [1.54, 1.807) is 0 Å². The van der Waals surface area contributed by atoms with Crippen molar-refractivity contribution >= 4 is 11.4 Å². The lowest BCUT2D eigenvalue weighted by atomic mass is 10.0. The standard InChI is InChI=1S/C15H24N2O/c1-3-9-18-14-10-12(5-6-13(14)16)17-11-15(4-2)7-8-15/h5-6,10,17H,3-4,7-9,11,16H2,1-2H3. The van der Waals surface area contributed by atoms with Gasteiger partial charge in [-0.1, -0.05) is 13.8 Å². The Hall–Kier alpha value is -1.38. The van der Waals surface area contributed by atoms with Crippen LogP contribution in [-0.4, -0.2) is 13.2 Å². The number of benzene rings is 1. The highest BCUT2D eigenvalue weighted by Crippen LogP contribution is 2.48. The van der Waals surface area contributed by atoms with Gasteiger partial charge in [0.15, 0.2) is 0 Å². The molecule has 0 unspecified atom stereocenters. The quantitative estimate of drug-likeness (QED) is 0.724. The highest BCUT2D eigenvalue weighted by Gasteiger charge is 2.40. The van der Waals surface area contributed by atoms with E-state index in [0.717, 1.165) is 24.4 Å². The Labute approximate surface area is 110 Å². The molecule has 1 aliphatic carbocycles. The second-order valence-electron chi connectivity index (χ2n) is 5.31. The van der Waals surface area contributed by atoms with Crippen LogP contribution in [0.1, 0.15) is 39.5 Å². The SMILES string of the molecule is CCCOc1cc(NCC2(CC)CC2)ccc1N. The minimum absolute atomic E-state index is 0.547. The van der Waals surface area contributed by atoms with Crippen LogP contribution in [0.3, 0.4) is 0 Å². The van der Waals surface area contributed by atoms with Gasteiger partial charge in [-0.05, 0) is 43.2 Å². The van der Waals surface area contributed by atoms with Crippen molar-refractivity contribution in [2.24, 2.45) is 5.41 Å². The zero-order valence-electron chi connectivity index (χ0n) is 11.5. The van der Waals surface area contributed by atoms with Crippen LogP contribution in [0.25, 0.3) is 0 Å². The summed E-state index contributed by atoms with van der Waals surface area (Å²) in [6.45, 7) is 6.14. The molecule has 100 valence electrons. The molecule has 0 aliphatic heterocycles. The molecule has 3 heteroatoms. The van der Waals surface area contributed by atoms with Gasteiger partial charge in [-0.2, -0.15) is 0 Å². The normalized spacial score (nSPS) is 16.3. The molecule has 1 aromatic rings. The van der Waals surface area contributed by atoms with Crippen molar-refractivity contribution in [1.82, 2.24) is 0 Å². The van der Waals surface area contributed by atoms with Gasteiger partial charge in [0.2, 0.25) is 0 Å². The molecule has 18 heavy (non-hydrogen) atoms. The van der Waals surface area contributed by atoms with Crippen molar-refractivity contribution < 1.29 is 4.74 Å². The first-order valence-corrected chi connectivity index (χ1v) is 6.95. The maximum Gasteiger partial charge on any atom is 0.144 e. The predicted molar refractivity (Wildman–Crippen MR) is 77.1 cm³/mol. The molecule has 1 saturated carbocycles.